The Hall–Kier alpha value is -3.47. The monoisotopic (exact) mass is 331 g/mol. The van der Waals surface area contributed by atoms with Crippen molar-refractivity contribution in [3.8, 4) is 5.75 Å². The Kier molecular flexibility index (Phi) is 5.51. The minimum absolute atomic E-state index is 0.282. The molecule has 0 radical (unpaired) electrons. The van der Waals surface area contributed by atoms with Gasteiger partial charge in [0.15, 0.2) is 0 Å². The molecule has 5 nitrogen and oxygen atoms in total. The van der Waals surface area contributed by atoms with E-state index in [0.717, 1.165) is 16.9 Å². The topological polar surface area (TPSA) is 63.6 Å². The molecule has 1 aromatic heterocycles. The maximum Gasteiger partial charge on any atom is 0.271 e. The molecule has 0 fully saturated rings. The maximum absolute atomic E-state index is 11.9. The van der Waals surface area contributed by atoms with Gasteiger partial charge in [0.1, 0.15) is 12.4 Å². The highest BCUT2D eigenvalue weighted by Gasteiger charge is 2.02. The lowest BCUT2D eigenvalue weighted by atomic mass is 10.2. The van der Waals surface area contributed by atoms with Gasteiger partial charge in [0.25, 0.3) is 5.91 Å². The van der Waals surface area contributed by atoms with E-state index in [2.05, 4.69) is 15.5 Å². The molecule has 1 heterocycles. The molecule has 5 heteroatoms. The Morgan fingerprint density at radius 3 is 2.64 bits per heavy atom. The third kappa shape index (κ3) is 5.00. The summed E-state index contributed by atoms with van der Waals surface area (Å²) in [6, 6.07) is 20.7. The van der Waals surface area contributed by atoms with Gasteiger partial charge < -0.3 is 4.74 Å². The van der Waals surface area contributed by atoms with Crippen LogP contribution in [-0.2, 0) is 6.61 Å². The fourth-order valence-electron chi connectivity index (χ4n) is 2.16. The van der Waals surface area contributed by atoms with Crippen molar-refractivity contribution in [1.82, 2.24) is 10.4 Å². The molecule has 3 rings (SSSR count). The van der Waals surface area contributed by atoms with Crippen LogP contribution < -0.4 is 10.2 Å². The fourth-order valence-corrected chi connectivity index (χ4v) is 2.16. The highest BCUT2D eigenvalue weighted by Crippen LogP contribution is 2.14. The van der Waals surface area contributed by atoms with Crippen molar-refractivity contribution in [2.45, 2.75) is 6.61 Å². The average Bonchev–Trinajstić information content (AvgIpc) is 2.68. The molecule has 0 aliphatic rings. The molecule has 124 valence electrons. The van der Waals surface area contributed by atoms with Gasteiger partial charge in [0, 0.05) is 18.0 Å². The van der Waals surface area contributed by atoms with Crippen LogP contribution in [0, 0.1) is 0 Å². The molecule has 1 amide bonds. The first kappa shape index (κ1) is 16.4. The second-order valence-corrected chi connectivity index (χ2v) is 5.28. The van der Waals surface area contributed by atoms with Gasteiger partial charge in [-0.15, -0.1) is 0 Å². The van der Waals surface area contributed by atoms with Gasteiger partial charge in [-0.05, 0) is 35.4 Å². The van der Waals surface area contributed by atoms with Crippen molar-refractivity contribution < 1.29 is 9.53 Å². The molecule has 0 aliphatic carbocycles. The van der Waals surface area contributed by atoms with Crippen LogP contribution in [0.2, 0.25) is 0 Å². The van der Waals surface area contributed by atoms with Crippen LogP contribution in [0.25, 0.3) is 0 Å². The van der Waals surface area contributed by atoms with Crippen molar-refractivity contribution in [1.29, 1.82) is 0 Å². The number of carbonyl (C=O) groups is 1. The van der Waals surface area contributed by atoms with E-state index in [-0.39, 0.29) is 5.91 Å². The van der Waals surface area contributed by atoms with Gasteiger partial charge in [-0.25, -0.2) is 5.43 Å². The van der Waals surface area contributed by atoms with Crippen LogP contribution in [0.15, 0.2) is 84.2 Å². The summed E-state index contributed by atoms with van der Waals surface area (Å²) in [7, 11) is 0. The van der Waals surface area contributed by atoms with E-state index < -0.39 is 0 Å². The number of aromatic nitrogens is 1. The van der Waals surface area contributed by atoms with Crippen LogP contribution >= 0.6 is 0 Å². The lowest BCUT2D eigenvalue weighted by Crippen LogP contribution is -2.17. The Labute approximate surface area is 146 Å². The van der Waals surface area contributed by atoms with Crippen LogP contribution in [0.5, 0.6) is 5.75 Å². The van der Waals surface area contributed by atoms with Crippen molar-refractivity contribution >= 4 is 12.1 Å². The number of hydrazone groups is 1. The summed E-state index contributed by atoms with van der Waals surface area (Å²) >= 11 is 0. The molecule has 1 N–H and O–H groups in total. The number of nitrogens with zero attached hydrogens (tertiary/aromatic N) is 2. The standard InChI is InChI=1S/C20H17N3O2/c24-20(18-9-11-21-12-10-18)23-22-14-17-7-4-8-19(13-17)25-15-16-5-2-1-3-6-16/h1-14H,15H2,(H,23,24)/b22-14-. The second kappa shape index (κ2) is 8.40. The fraction of sp³-hybridized carbons (Fsp3) is 0.0500. The minimum Gasteiger partial charge on any atom is -0.489 e. The molecule has 25 heavy (non-hydrogen) atoms. The molecule has 0 saturated carbocycles. The van der Waals surface area contributed by atoms with Crippen molar-refractivity contribution in [2.24, 2.45) is 5.10 Å². The van der Waals surface area contributed by atoms with Crippen LogP contribution in [0.4, 0.5) is 0 Å². The van der Waals surface area contributed by atoms with Crippen molar-refractivity contribution in [2.75, 3.05) is 0 Å². The second-order valence-electron chi connectivity index (χ2n) is 5.28. The molecule has 3 aromatic rings. The van der Waals surface area contributed by atoms with Crippen molar-refractivity contribution in [3.63, 3.8) is 0 Å². The zero-order valence-corrected chi connectivity index (χ0v) is 13.5. The van der Waals surface area contributed by atoms with Gasteiger partial charge in [-0.2, -0.15) is 5.10 Å². The summed E-state index contributed by atoms with van der Waals surface area (Å²) < 4.78 is 5.77. The third-order valence-electron chi connectivity index (χ3n) is 3.43. The van der Waals surface area contributed by atoms with E-state index in [9.17, 15) is 4.79 Å². The number of carbonyl (C=O) groups excluding carboxylic acids is 1. The zero-order valence-electron chi connectivity index (χ0n) is 13.5. The normalized spacial score (nSPS) is 10.6. The number of rotatable bonds is 6. The quantitative estimate of drug-likeness (QED) is 0.556. The SMILES string of the molecule is O=C(N/N=C\c1cccc(OCc2ccccc2)c1)c1ccncc1. The predicted molar refractivity (Wildman–Crippen MR) is 96.5 cm³/mol. The largest absolute Gasteiger partial charge is 0.489 e. The van der Waals surface area contributed by atoms with Crippen LogP contribution in [-0.4, -0.2) is 17.1 Å². The van der Waals surface area contributed by atoms with Crippen LogP contribution in [0.3, 0.4) is 0 Å². The first-order chi connectivity index (χ1) is 12.3. The number of hydrogen-bond donors (Lipinski definition) is 1. The third-order valence-corrected chi connectivity index (χ3v) is 3.43. The van der Waals surface area contributed by atoms with Gasteiger partial charge in [-0.1, -0.05) is 42.5 Å². The highest BCUT2D eigenvalue weighted by molar-refractivity contribution is 5.94. The number of benzene rings is 2. The molecule has 0 spiro atoms. The smallest absolute Gasteiger partial charge is 0.271 e. The highest BCUT2D eigenvalue weighted by atomic mass is 16.5. The zero-order chi connectivity index (χ0) is 17.3. The summed E-state index contributed by atoms with van der Waals surface area (Å²) in [5, 5.41) is 3.98. The molecule has 2 aromatic carbocycles. The summed E-state index contributed by atoms with van der Waals surface area (Å²) in [5.41, 5.74) is 4.93. The first-order valence-electron chi connectivity index (χ1n) is 7.81. The van der Waals surface area contributed by atoms with Gasteiger partial charge >= 0.3 is 0 Å². The predicted octanol–water partition coefficient (Wildman–Crippen LogP) is 3.42. The van der Waals surface area contributed by atoms with E-state index in [0.29, 0.717) is 12.2 Å². The van der Waals surface area contributed by atoms with E-state index in [1.807, 2.05) is 54.6 Å². The number of nitrogens with one attached hydrogen (secondary N) is 1. The Morgan fingerprint density at radius 2 is 1.84 bits per heavy atom. The molecule has 0 aliphatic heterocycles. The molecular formula is C20H17N3O2. The Balaban J connectivity index is 1.57. The lowest BCUT2D eigenvalue weighted by molar-refractivity contribution is 0.0955. The minimum atomic E-state index is -0.282. The van der Waals surface area contributed by atoms with Gasteiger partial charge in [-0.3, -0.25) is 9.78 Å². The Morgan fingerprint density at radius 1 is 1.04 bits per heavy atom. The molecule has 0 saturated heterocycles. The van der Waals surface area contributed by atoms with E-state index in [1.54, 1.807) is 30.7 Å². The first-order valence-corrected chi connectivity index (χ1v) is 7.81. The van der Waals surface area contributed by atoms with E-state index in [4.69, 9.17) is 4.74 Å². The van der Waals surface area contributed by atoms with E-state index in [1.165, 1.54) is 0 Å². The summed E-state index contributed by atoms with van der Waals surface area (Å²) in [6.45, 7) is 0.500. The molecule has 0 atom stereocenters. The molecular weight excluding hydrogens is 314 g/mol. The molecule has 0 unspecified atom stereocenters. The summed E-state index contributed by atoms with van der Waals surface area (Å²) in [4.78, 5) is 15.8. The van der Waals surface area contributed by atoms with Crippen LogP contribution in [0.1, 0.15) is 21.5 Å². The van der Waals surface area contributed by atoms with E-state index >= 15 is 0 Å². The lowest BCUT2D eigenvalue weighted by Gasteiger charge is -2.06. The Bertz CT molecular complexity index is 849. The summed E-state index contributed by atoms with van der Waals surface area (Å²) in [5.74, 6) is 0.461. The number of amides is 1. The average molecular weight is 331 g/mol. The summed E-state index contributed by atoms with van der Waals surface area (Å²) in [6.07, 6.45) is 4.70. The molecule has 0 bridgehead atoms. The number of hydrogen-bond acceptors (Lipinski definition) is 4. The maximum atomic E-state index is 11.9. The number of ether oxygens (including phenoxy) is 1. The van der Waals surface area contributed by atoms with Crippen molar-refractivity contribution in [3.05, 3.63) is 95.8 Å². The number of pyridine rings is 1. The van der Waals surface area contributed by atoms with Gasteiger partial charge in [0.2, 0.25) is 0 Å². The van der Waals surface area contributed by atoms with Gasteiger partial charge in [0.05, 0.1) is 6.21 Å².